The van der Waals surface area contributed by atoms with E-state index in [1.165, 1.54) is 0 Å². The molecule has 0 aliphatic carbocycles. The molecule has 4 heteroatoms. The molecule has 0 bridgehead atoms. The summed E-state index contributed by atoms with van der Waals surface area (Å²) in [7, 11) is 0. The molecule has 6 aromatic rings. The van der Waals surface area contributed by atoms with Crippen LogP contribution in [0.5, 0.6) is 0 Å². The number of fused-ring (bicyclic) bond motifs is 4. The molecule has 0 spiro atoms. The summed E-state index contributed by atoms with van der Waals surface area (Å²) in [5, 5.41) is 2.09. The minimum absolute atomic E-state index is 0.697. The number of hydrogen-bond acceptors (Lipinski definition) is 3. The van der Waals surface area contributed by atoms with Crippen LogP contribution in [0.15, 0.2) is 71.1 Å². The number of furan rings is 1. The molecule has 3 aromatic heterocycles. The molecule has 3 heterocycles. The maximum Gasteiger partial charge on any atom is 0.149 e. The molecule has 0 saturated heterocycles. The molecule has 0 unspecified atom stereocenters. The minimum Gasteiger partial charge on any atom is -0.455 e. The zero-order valence-electron chi connectivity index (χ0n) is 21.1. The maximum absolute atomic E-state index is 8.44. The highest BCUT2D eigenvalue weighted by Gasteiger charge is 2.22. The smallest absolute Gasteiger partial charge is 0.149 e. The molecule has 0 radical (unpaired) electrons. The van der Waals surface area contributed by atoms with Gasteiger partial charge in [-0.1, -0.05) is 56.3 Å². The van der Waals surface area contributed by atoms with E-state index >= 15 is 0 Å². The number of nitrogens with zero attached hydrogens (tertiary/aromatic N) is 3. The predicted octanol–water partition coefficient (Wildman–Crippen LogP) is 8.04. The van der Waals surface area contributed by atoms with Crippen LogP contribution in [0, 0.1) is 20.8 Å². The molecule has 34 heavy (non-hydrogen) atoms. The van der Waals surface area contributed by atoms with Crippen LogP contribution in [0.1, 0.15) is 43.6 Å². The van der Waals surface area contributed by atoms with E-state index in [4.69, 9.17) is 15.8 Å². The Bertz CT molecular complexity index is 1750. The van der Waals surface area contributed by atoms with E-state index in [1.807, 2.05) is 51.1 Å². The summed E-state index contributed by atoms with van der Waals surface area (Å²) in [4.78, 5) is 9.90. The zero-order chi connectivity index (χ0) is 24.5. The van der Waals surface area contributed by atoms with Crippen molar-refractivity contribution >= 4 is 33.0 Å². The molecule has 4 nitrogen and oxygen atoms in total. The summed E-state index contributed by atoms with van der Waals surface area (Å²) >= 11 is 0. The van der Waals surface area contributed by atoms with E-state index in [1.54, 1.807) is 0 Å². The average molecular weight is 447 g/mol. The van der Waals surface area contributed by atoms with Crippen LogP contribution in [0.25, 0.3) is 50.0 Å². The lowest BCUT2D eigenvalue weighted by molar-refractivity contribution is 0.667. The Morgan fingerprint density at radius 2 is 1.65 bits per heavy atom. The molecular formula is C30H27N3O. The number of hydrogen-bond donors (Lipinski definition) is 0. The Kier molecular flexibility index (Phi) is 4.34. The van der Waals surface area contributed by atoms with Crippen molar-refractivity contribution in [3.05, 3.63) is 89.2 Å². The maximum atomic E-state index is 8.44. The number of aromatic nitrogens is 3. The van der Waals surface area contributed by atoms with Crippen molar-refractivity contribution in [2.75, 3.05) is 0 Å². The van der Waals surface area contributed by atoms with Gasteiger partial charge in [-0.2, -0.15) is 0 Å². The third kappa shape index (κ3) is 2.98. The van der Waals surface area contributed by atoms with Crippen molar-refractivity contribution in [2.45, 2.75) is 40.5 Å². The second-order valence-corrected chi connectivity index (χ2v) is 9.21. The Morgan fingerprint density at radius 1 is 0.853 bits per heavy atom. The first-order valence-electron chi connectivity index (χ1n) is 12.1. The third-order valence-corrected chi connectivity index (χ3v) is 6.78. The highest BCUT2D eigenvalue weighted by Crippen LogP contribution is 2.39. The van der Waals surface area contributed by atoms with Gasteiger partial charge in [0.25, 0.3) is 0 Å². The molecular weight excluding hydrogens is 418 g/mol. The number of aryl methyl sites for hydroxylation is 3. The SMILES string of the molecule is [2H]C(C)(C)c1ccc2c(c1)oc1c(-c3nc4c(C)nc(C)c(C)c4n3-c3ccccc3)cccc12. The largest absolute Gasteiger partial charge is 0.455 e. The fourth-order valence-electron chi connectivity index (χ4n) is 4.87. The molecule has 6 rings (SSSR count). The van der Waals surface area contributed by atoms with Crippen molar-refractivity contribution < 1.29 is 5.79 Å². The van der Waals surface area contributed by atoms with Crippen molar-refractivity contribution in [3.8, 4) is 17.1 Å². The number of benzene rings is 3. The summed E-state index contributed by atoms with van der Waals surface area (Å²) < 4.78 is 17.2. The highest BCUT2D eigenvalue weighted by atomic mass is 16.3. The van der Waals surface area contributed by atoms with Crippen molar-refractivity contribution in [3.63, 3.8) is 0 Å². The third-order valence-electron chi connectivity index (χ3n) is 6.78. The molecule has 0 amide bonds. The Labute approximate surface area is 200 Å². The van der Waals surface area contributed by atoms with E-state index in [0.717, 1.165) is 72.6 Å². The van der Waals surface area contributed by atoms with Crippen LogP contribution in [-0.4, -0.2) is 14.5 Å². The fraction of sp³-hybridized carbons (Fsp3) is 0.200. The summed E-state index contributed by atoms with van der Waals surface area (Å²) in [5.74, 6) is 0.132. The second-order valence-electron chi connectivity index (χ2n) is 9.21. The summed E-state index contributed by atoms with van der Waals surface area (Å²) in [6, 6.07) is 22.7. The van der Waals surface area contributed by atoms with Gasteiger partial charge in [0, 0.05) is 23.5 Å². The predicted molar refractivity (Wildman–Crippen MR) is 140 cm³/mol. The molecule has 0 aliphatic rings. The molecule has 0 saturated carbocycles. The second kappa shape index (κ2) is 7.56. The minimum atomic E-state index is -0.697. The lowest BCUT2D eigenvalue weighted by atomic mass is 10.0. The Morgan fingerprint density at radius 3 is 2.41 bits per heavy atom. The van der Waals surface area contributed by atoms with Crippen molar-refractivity contribution in [2.24, 2.45) is 0 Å². The molecule has 0 atom stereocenters. The molecule has 0 aliphatic heterocycles. The molecule has 168 valence electrons. The van der Waals surface area contributed by atoms with Crippen LogP contribution in [0.2, 0.25) is 0 Å². The number of pyridine rings is 1. The number of para-hydroxylation sites is 2. The summed E-state index contributed by atoms with van der Waals surface area (Å²) in [6.07, 6.45) is 0. The summed E-state index contributed by atoms with van der Waals surface area (Å²) in [5.41, 5.74) is 9.51. The van der Waals surface area contributed by atoms with Gasteiger partial charge in [0.15, 0.2) is 0 Å². The van der Waals surface area contributed by atoms with E-state index < -0.39 is 5.89 Å². The van der Waals surface area contributed by atoms with Gasteiger partial charge in [-0.15, -0.1) is 0 Å². The Balaban J connectivity index is 1.72. The zero-order valence-corrected chi connectivity index (χ0v) is 20.1. The molecule has 0 N–H and O–H groups in total. The van der Waals surface area contributed by atoms with Gasteiger partial charge in [-0.05, 0) is 62.1 Å². The normalized spacial score (nSPS) is 12.7. The van der Waals surface area contributed by atoms with Gasteiger partial charge < -0.3 is 4.42 Å². The van der Waals surface area contributed by atoms with Crippen LogP contribution >= 0.6 is 0 Å². The first kappa shape index (κ1) is 19.5. The molecule has 0 fully saturated rings. The van der Waals surface area contributed by atoms with E-state index in [9.17, 15) is 0 Å². The van der Waals surface area contributed by atoms with Crippen molar-refractivity contribution in [1.82, 2.24) is 14.5 Å². The summed E-state index contributed by atoms with van der Waals surface area (Å²) in [6.45, 7) is 9.97. The first-order valence-corrected chi connectivity index (χ1v) is 11.6. The first-order chi connectivity index (χ1) is 16.7. The van der Waals surface area contributed by atoms with Crippen LogP contribution in [0.3, 0.4) is 0 Å². The van der Waals surface area contributed by atoms with Crippen LogP contribution in [0.4, 0.5) is 0 Å². The highest BCUT2D eigenvalue weighted by molar-refractivity contribution is 6.09. The van der Waals surface area contributed by atoms with Crippen LogP contribution < -0.4 is 0 Å². The van der Waals surface area contributed by atoms with Gasteiger partial charge in [-0.25, -0.2) is 4.98 Å². The fourth-order valence-corrected chi connectivity index (χ4v) is 4.87. The number of rotatable bonds is 3. The quantitative estimate of drug-likeness (QED) is 0.276. The van der Waals surface area contributed by atoms with E-state index in [-0.39, 0.29) is 0 Å². The Hall–Kier alpha value is -3.92. The monoisotopic (exact) mass is 446 g/mol. The van der Waals surface area contributed by atoms with Gasteiger partial charge in [0.05, 0.1) is 16.8 Å². The van der Waals surface area contributed by atoms with Gasteiger partial charge >= 0.3 is 0 Å². The van der Waals surface area contributed by atoms with E-state index in [2.05, 4.69) is 54.8 Å². The molecule has 3 aromatic carbocycles. The van der Waals surface area contributed by atoms with Crippen LogP contribution in [-0.2, 0) is 0 Å². The lowest BCUT2D eigenvalue weighted by Crippen LogP contribution is -2.00. The average Bonchev–Trinajstić information content (AvgIpc) is 3.41. The number of imidazole rings is 1. The van der Waals surface area contributed by atoms with Gasteiger partial charge in [0.2, 0.25) is 0 Å². The van der Waals surface area contributed by atoms with Crippen molar-refractivity contribution in [1.29, 1.82) is 0 Å². The van der Waals surface area contributed by atoms with E-state index in [0.29, 0.717) is 0 Å². The topological polar surface area (TPSA) is 43.9 Å². The standard InChI is InChI=1S/C30H27N3O/c1-17(2)21-14-15-23-24-12-9-13-25(29(24)34-26(23)16-21)30-32-27-20(5)31-19(4)18(3)28(27)33(30)22-10-7-6-8-11-22/h6-17H,1-5H3/i17D. The van der Waals surface area contributed by atoms with Gasteiger partial charge in [0.1, 0.15) is 22.5 Å². The lowest BCUT2D eigenvalue weighted by Gasteiger charge is -2.12. The van der Waals surface area contributed by atoms with Gasteiger partial charge in [-0.3, -0.25) is 9.55 Å².